The Kier molecular flexibility index (Phi) is 11.0. The van der Waals surface area contributed by atoms with Gasteiger partial charge in [-0.15, -0.1) is 0 Å². The monoisotopic (exact) mass is 502 g/mol. The van der Waals surface area contributed by atoms with Crippen molar-refractivity contribution in [3.05, 3.63) is 34.9 Å². The van der Waals surface area contributed by atoms with Gasteiger partial charge in [0.15, 0.2) is 0 Å². The Labute approximate surface area is 219 Å². The van der Waals surface area contributed by atoms with E-state index >= 15 is 0 Å². The fraction of sp³-hybridized carbons (Fsp3) is 0.742. The van der Waals surface area contributed by atoms with Gasteiger partial charge in [-0.25, -0.2) is 0 Å². The van der Waals surface area contributed by atoms with Crippen molar-refractivity contribution in [2.24, 2.45) is 10.8 Å². The van der Waals surface area contributed by atoms with Crippen LogP contribution in [0.15, 0.2) is 34.9 Å². The van der Waals surface area contributed by atoms with Crippen molar-refractivity contribution in [2.75, 3.05) is 13.2 Å². The number of rotatable bonds is 13. The second-order valence-corrected chi connectivity index (χ2v) is 12.6. The van der Waals surface area contributed by atoms with Crippen molar-refractivity contribution in [3.8, 4) is 0 Å². The zero-order valence-electron chi connectivity index (χ0n) is 24.1. The number of fused-ring (bicyclic) bond motifs is 3. The Bertz CT molecular complexity index is 832. The minimum absolute atomic E-state index is 0.254. The molecule has 1 aliphatic carbocycles. The molecule has 0 spiro atoms. The van der Waals surface area contributed by atoms with E-state index in [1.165, 1.54) is 16.7 Å². The van der Waals surface area contributed by atoms with E-state index in [2.05, 4.69) is 39.8 Å². The van der Waals surface area contributed by atoms with Gasteiger partial charge in [0.05, 0.1) is 23.5 Å². The third-order valence-corrected chi connectivity index (χ3v) is 7.49. The van der Waals surface area contributed by atoms with Crippen molar-refractivity contribution >= 4 is 11.9 Å². The topological polar surface area (TPSA) is 61.8 Å². The summed E-state index contributed by atoms with van der Waals surface area (Å²) in [6.07, 6.45) is 15.0. The lowest BCUT2D eigenvalue weighted by molar-refractivity contribution is -0.210. The van der Waals surface area contributed by atoms with Gasteiger partial charge in [-0.2, -0.15) is 0 Å². The molecule has 204 valence electrons. The molecule has 0 aromatic carbocycles. The molecule has 0 aromatic rings. The number of carbonyl (C=O) groups excluding carboxylic acids is 2. The maximum Gasteiger partial charge on any atom is 0.312 e. The quantitative estimate of drug-likeness (QED) is 0.191. The van der Waals surface area contributed by atoms with Crippen LogP contribution >= 0.6 is 0 Å². The summed E-state index contributed by atoms with van der Waals surface area (Å²) in [6, 6.07) is 0. The zero-order valence-corrected chi connectivity index (χ0v) is 24.1. The summed E-state index contributed by atoms with van der Waals surface area (Å²) in [5.41, 5.74) is 1.90. The predicted molar refractivity (Wildman–Crippen MR) is 146 cm³/mol. The molecule has 5 heteroatoms. The number of carbonyl (C=O) groups is 2. The minimum atomic E-state index is -0.798. The molecule has 0 aromatic heterocycles. The van der Waals surface area contributed by atoms with Crippen LogP contribution < -0.4 is 0 Å². The molecule has 0 atom stereocenters. The molecule has 0 radical (unpaired) electrons. The molecule has 2 bridgehead atoms. The van der Waals surface area contributed by atoms with Crippen molar-refractivity contribution < 1.29 is 23.8 Å². The number of hydrogen-bond donors (Lipinski definition) is 0. The molecule has 2 heterocycles. The third kappa shape index (κ3) is 9.53. The first-order chi connectivity index (χ1) is 16.7. The molecule has 3 aliphatic rings. The summed E-state index contributed by atoms with van der Waals surface area (Å²) in [5.74, 6) is -0.547. The zero-order chi connectivity index (χ0) is 27.0. The van der Waals surface area contributed by atoms with E-state index in [-0.39, 0.29) is 18.5 Å². The Balaban J connectivity index is 1.78. The average Bonchev–Trinajstić information content (AvgIpc) is 2.79. The lowest BCUT2D eigenvalue weighted by atomic mass is 9.74. The van der Waals surface area contributed by atoms with E-state index in [9.17, 15) is 9.59 Å². The van der Waals surface area contributed by atoms with Crippen LogP contribution in [0.4, 0.5) is 0 Å². The minimum Gasteiger partial charge on any atom is -0.461 e. The second kappa shape index (κ2) is 13.1. The summed E-state index contributed by atoms with van der Waals surface area (Å²) in [5, 5.41) is 0. The molecular formula is C31H50O5. The standard InChI is InChI=1S/C31H50O5/c1-23(2)11-9-12-24(3)13-10-14-25(4)17-20-34-27(32)29(5,6)21-30(7,8)28(33)36-31-18-15-26(16-19-31)35-22-31/h11,13,17,26H,9-10,12,14-16,18-22H2,1-8H3. The van der Waals surface area contributed by atoms with Crippen LogP contribution in [0.5, 0.6) is 0 Å². The van der Waals surface area contributed by atoms with Crippen LogP contribution in [0.3, 0.4) is 0 Å². The maximum absolute atomic E-state index is 13.1. The highest BCUT2D eigenvalue weighted by Gasteiger charge is 2.48. The van der Waals surface area contributed by atoms with E-state index in [4.69, 9.17) is 14.2 Å². The highest BCUT2D eigenvalue weighted by Crippen LogP contribution is 2.42. The van der Waals surface area contributed by atoms with E-state index in [0.29, 0.717) is 19.1 Å². The Morgan fingerprint density at radius 2 is 1.42 bits per heavy atom. The van der Waals surface area contributed by atoms with Crippen molar-refractivity contribution in [1.82, 2.24) is 0 Å². The summed E-state index contributed by atoms with van der Waals surface area (Å²) in [4.78, 5) is 26.0. The first-order valence-electron chi connectivity index (χ1n) is 13.7. The lowest BCUT2D eigenvalue weighted by Crippen LogP contribution is -2.52. The SMILES string of the molecule is CC(C)=CCCC(C)=CCCC(C)=CCOC(=O)C(C)(C)CC(C)(C)C(=O)OC12CCC(CC1)OC2. The van der Waals surface area contributed by atoms with Crippen LogP contribution in [0.1, 0.15) is 113 Å². The van der Waals surface area contributed by atoms with Crippen LogP contribution in [0, 0.1) is 10.8 Å². The molecule has 2 aliphatic heterocycles. The molecule has 5 nitrogen and oxygen atoms in total. The van der Waals surface area contributed by atoms with E-state index in [1.807, 2.05) is 33.8 Å². The molecular weight excluding hydrogens is 452 g/mol. The summed E-state index contributed by atoms with van der Waals surface area (Å²) < 4.78 is 17.4. The maximum atomic E-state index is 13.1. The van der Waals surface area contributed by atoms with E-state index in [0.717, 1.165) is 51.4 Å². The van der Waals surface area contributed by atoms with Gasteiger partial charge in [0, 0.05) is 0 Å². The molecule has 3 fully saturated rings. The van der Waals surface area contributed by atoms with Crippen molar-refractivity contribution in [3.63, 3.8) is 0 Å². The summed E-state index contributed by atoms with van der Waals surface area (Å²) >= 11 is 0. The highest BCUT2D eigenvalue weighted by atomic mass is 16.6. The average molecular weight is 503 g/mol. The van der Waals surface area contributed by atoms with Crippen molar-refractivity contribution in [1.29, 1.82) is 0 Å². The number of ether oxygens (including phenoxy) is 3. The first kappa shape index (κ1) is 30.3. The van der Waals surface area contributed by atoms with Crippen LogP contribution in [-0.4, -0.2) is 36.9 Å². The largest absolute Gasteiger partial charge is 0.461 e. The molecule has 2 saturated heterocycles. The predicted octanol–water partition coefficient (Wildman–Crippen LogP) is 7.65. The molecule has 0 amide bonds. The van der Waals surface area contributed by atoms with Crippen LogP contribution in [-0.2, 0) is 23.8 Å². The van der Waals surface area contributed by atoms with Gasteiger partial charge in [0.2, 0.25) is 0 Å². The lowest BCUT2D eigenvalue weighted by Gasteiger charge is -2.46. The second-order valence-electron chi connectivity index (χ2n) is 12.6. The third-order valence-electron chi connectivity index (χ3n) is 7.49. The molecule has 0 N–H and O–H groups in total. The Hall–Kier alpha value is -1.88. The van der Waals surface area contributed by atoms with E-state index in [1.54, 1.807) is 0 Å². The number of allylic oxidation sites excluding steroid dienone is 5. The van der Waals surface area contributed by atoms with Crippen LogP contribution in [0.2, 0.25) is 0 Å². The normalized spacial score (nSPS) is 22.8. The number of esters is 2. The van der Waals surface area contributed by atoms with Gasteiger partial charge >= 0.3 is 11.9 Å². The van der Waals surface area contributed by atoms with Gasteiger partial charge in [-0.05, 0) is 119 Å². The van der Waals surface area contributed by atoms with E-state index < -0.39 is 16.4 Å². The fourth-order valence-corrected chi connectivity index (χ4v) is 5.21. The number of hydrogen-bond acceptors (Lipinski definition) is 5. The Morgan fingerprint density at radius 3 is 1.97 bits per heavy atom. The molecule has 1 saturated carbocycles. The van der Waals surface area contributed by atoms with Crippen LogP contribution in [0.25, 0.3) is 0 Å². The van der Waals surface area contributed by atoms with Gasteiger partial charge in [-0.1, -0.05) is 28.9 Å². The highest BCUT2D eigenvalue weighted by molar-refractivity contribution is 5.80. The first-order valence-corrected chi connectivity index (χ1v) is 13.7. The fourth-order valence-electron chi connectivity index (χ4n) is 5.21. The van der Waals surface area contributed by atoms with Gasteiger partial charge < -0.3 is 14.2 Å². The molecule has 3 rings (SSSR count). The molecule has 0 unspecified atom stereocenters. The van der Waals surface area contributed by atoms with Gasteiger partial charge in [-0.3, -0.25) is 9.59 Å². The van der Waals surface area contributed by atoms with Gasteiger partial charge in [0.25, 0.3) is 0 Å². The van der Waals surface area contributed by atoms with Gasteiger partial charge in [0.1, 0.15) is 12.2 Å². The summed E-state index contributed by atoms with van der Waals surface area (Å²) in [7, 11) is 0. The smallest absolute Gasteiger partial charge is 0.312 e. The van der Waals surface area contributed by atoms with Crippen molar-refractivity contribution in [2.45, 2.75) is 125 Å². The Morgan fingerprint density at radius 1 is 0.861 bits per heavy atom. The summed E-state index contributed by atoms with van der Waals surface area (Å²) in [6.45, 7) is 16.7. The molecule has 36 heavy (non-hydrogen) atoms.